The first-order valence-electron chi connectivity index (χ1n) is 6.27. The highest BCUT2D eigenvalue weighted by molar-refractivity contribution is 8.00. The van der Waals surface area contributed by atoms with E-state index >= 15 is 0 Å². The molecule has 0 amide bonds. The number of non-ortho nitro benzene ring substituents is 1. The second kappa shape index (κ2) is 6.11. The Hall–Kier alpha value is -0.780. The SMILES string of the molecule is CC1SCCN(Cc2cc([N+](=O)[O-])ccc2Cl)C1C. The number of nitrogens with zero attached hydrogens (tertiary/aromatic N) is 2. The van der Waals surface area contributed by atoms with E-state index in [2.05, 4.69) is 18.7 Å². The Labute approximate surface area is 122 Å². The van der Waals surface area contributed by atoms with E-state index in [-0.39, 0.29) is 10.6 Å². The first kappa shape index (κ1) is 14.6. The fraction of sp³-hybridized carbons (Fsp3) is 0.538. The van der Waals surface area contributed by atoms with E-state index in [1.807, 2.05) is 11.8 Å². The minimum absolute atomic E-state index is 0.103. The van der Waals surface area contributed by atoms with E-state index in [9.17, 15) is 10.1 Å². The molecule has 4 nitrogen and oxygen atoms in total. The number of hydrogen-bond acceptors (Lipinski definition) is 4. The summed E-state index contributed by atoms with van der Waals surface area (Å²) in [5, 5.41) is 12.0. The van der Waals surface area contributed by atoms with Crippen LogP contribution in [0.25, 0.3) is 0 Å². The van der Waals surface area contributed by atoms with Crippen LogP contribution in [-0.4, -0.2) is 33.4 Å². The third kappa shape index (κ3) is 3.41. The van der Waals surface area contributed by atoms with Crippen molar-refractivity contribution in [3.8, 4) is 0 Å². The van der Waals surface area contributed by atoms with Crippen molar-refractivity contribution in [2.75, 3.05) is 12.3 Å². The van der Waals surface area contributed by atoms with Crippen LogP contribution in [-0.2, 0) is 6.54 Å². The largest absolute Gasteiger partial charge is 0.294 e. The number of halogens is 1. The molecular formula is C13H17ClN2O2S. The fourth-order valence-electron chi connectivity index (χ4n) is 2.23. The zero-order valence-electron chi connectivity index (χ0n) is 11.0. The number of nitro groups is 1. The highest BCUT2D eigenvalue weighted by Crippen LogP contribution is 2.28. The first-order valence-corrected chi connectivity index (χ1v) is 7.70. The van der Waals surface area contributed by atoms with Gasteiger partial charge in [-0.2, -0.15) is 11.8 Å². The Morgan fingerprint density at radius 3 is 2.95 bits per heavy atom. The van der Waals surface area contributed by atoms with E-state index in [0.29, 0.717) is 22.9 Å². The lowest BCUT2D eigenvalue weighted by Crippen LogP contribution is -2.43. The molecule has 104 valence electrons. The molecule has 1 aromatic carbocycles. The molecule has 6 heteroatoms. The summed E-state index contributed by atoms with van der Waals surface area (Å²) in [7, 11) is 0. The summed E-state index contributed by atoms with van der Waals surface area (Å²) < 4.78 is 0. The minimum atomic E-state index is -0.377. The predicted octanol–water partition coefficient (Wildman–Crippen LogP) is 3.57. The summed E-state index contributed by atoms with van der Waals surface area (Å²) >= 11 is 8.12. The lowest BCUT2D eigenvalue weighted by molar-refractivity contribution is -0.384. The van der Waals surface area contributed by atoms with Gasteiger partial charge in [0.1, 0.15) is 0 Å². The first-order chi connectivity index (χ1) is 8.99. The molecule has 1 fully saturated rings. The van der Waals surface area contributed by atoms with Gasteiger partial charge in [0.05, 0.1) is 4.92 Å². The molecule has 2 rings (SSSR count). The quantitative estimate of drug-likeness (QED) is 0.632. The van der Waals surface area contributed by atoms with Gasteiger partial charge < -0.3 is 0 Å². The lowest BCUT2D eigenvalue weighted by Gasteiger charge is -2.37. The molecule has 19 heavy (non-hydrogen) atoms. The van der Waals surface area contributed by atoms with Crippen LogP contribution in [0.5, 0.6) is 0 Å². The third-order valence-electron chi connectivity index (χ3n) is 3.63. The summed E-state index contributed by atoms with van der Waals surface area (Å²) in [6, 6.07) is 5.10. The average molecular weight is 301 g/mol. The van der Waals surface area contributed by atoms with E-state index in [1.165, 1.54) is 6.07 Å². The molecular weight excluding hydrogens is 284 g/mol. The zero-order valence-corrected chi connectivity index (χ0v) is 12.6. The molecule has 0 N–H and O–H groups in total. The van der Waals surface area contributed by atoms with Crippen LogP contribution in [0.1, 0.15) is 19.4 Å². The Kier molecular flexibility index (Phi) is 4.71. The average Bonchev–Trinajstić information content (AvgIpc) is 2.37. The normalized spacial score (nSPS) is 24.4. The number of benzene rings is 1. The second-order valence-electron chi connectivity index (χ2n) is 4.82. The highest BCUT2D eigenvalue weighted by Gasteiger charge is 2.26. The Bertz CT molecular complexity index is 484. The molecule has 1 aliphatic heterocycles. The summed E-state index contributed by atoms with van der Waals surface area (Å²) in [4.78, 5) is 12.8. The van der Waals surface area contributed by atoms with Crippen molar-refractivity contribution < 1.29 is 4.92 Å². The molecule has 0 saturated carbocycles. The molecule has 0 bridgehead atoms. The van der Waals surface area contributed by atoms with Gasteiger partial charge in [-0.15, -0.1) is 0 Å². The van der Waals surface area contributed by atoms with Gasteiger partial charge in [-0.25, -0.2) is 0 Å². The molecule has 1 aliphatic rings. The van der Waals surface area contributed by atoms with Crippen LogP contribution in [0, 0.1) is 10.1 Å². The molecule has 0 spiro atoms. The zero-order chi connectivity index (χ0) is 14.0. The molecule has 1 heterocycles. The standard InChI is InChI=1S/C13H17ClN2O2S/c1-9-10(2)19-6-5-15(9)8-11-7-12(16(17)18)3-4-13(11)14/h3-4,7,9-10H,5-6,8H2,1-2H3. The van der Waals surface area contributed by atoms with Crippen molar-refractivity contribution in [2.45, 2.75) is 31.7 Å². The van der Waals surface area contributed by atoms with Gasteiger partial charge >= 0.3 is 0 Å². The molecule has 2 atom stereocenters. The molecule has 0 radical (unpaired) electrons. The maximum absolute atomic E-state index is 10.8. The summed E-state index contributed by atoms with van der Waals surface area (Å²) in [6.45, 7) is 6.08. The van der Waals surface area contributed by atoms with Crippen molar-refractivity contribution in [2.24, 2.45) is 0 Å². The summed E-state index contributed by atoms with van der Waals surface area (Å²) in [5.74, 6) is 1.10. The van der Waals surface area contributed by atoms with Gasteiger partial charge in [0.2, 0.25) is 0 Å². The van der Waals surface area contributed by atoms with Gasteiger partial charge in [0, 0.05) is 47.3 Å². The fourth-order valence-corrected chi connectivity index (χ4v) is 3.57. The predicted molar refractivity (Wildman–Crippen MR) is 79.9 cm³/mol. The third-order valence-corrected chi connectivity index (χ3v) is 5.33. The van der Waals surface area contributed by atoms with Gasteiger partial charge in [-0.3, -0.25) is 15.0 Å². The lowest BCUT2D eigenvalue weighted by atomic mass is 10.1. The molecule has 1 aromatic rings. The van der Waals surface area contributed by atoms with Crippen LogP contribution in [0.4, 0.5) is 5.69 Å². The van der Waals surface area contributed by atoms with Crippen LogP contribution >= 0.6 is 23.4 Å². The second-order valence-corrected chi connectivity index (χ2v) is 6.71. The number of rotatable bonds is 3. The molecule has 1 saturated heterocycles. The van der Waals surface area contributed by atoms with Crippen LogP contribution in [0.2, 0.25) is 5.02 Å². The van der Waals surface area contributed by atoms with Gasteiger partial charge in [0.15, 0.2) is 0 Å². The van der Waals surface area contributed by atoms with Crippen LogP contribution in [0.15, 0.2) is 18.2 Å². The van der Waals surface area contributed by atoms with E-state index < -0.39 is 0 Å². The van der Waals surface area contributed by atoms with Crippen molar-refractivity contribution in [1.82, 2.24) is 4.90 Å². The summed E-state index contributed by atoms with van der Waals surface area (Å²) in [5.41, 5.74) is 0.938. The van der Waals surface area contributed by atoms with Crippen molar-refractivity contribution in [3.63, 3.8) is 0 Å². The smallest absolute Gasteiger partial charge is 0.269 e. The van der Waals surface area contributed by atoms with E-state index in [4.69, 9.17) is 11.6 Å². The van der Waals surface area contributed by atoms with Gasteiger partial charge in [-0.05, 0) is 18.6 Å². The van der Waals surface area contributed by atoms with E-state index in [1.54, 1.807) is 12.1 Å². The Balaban J connectivity index is 2.18. The molecule has 0 aliphatic carbocycles. The molecule has 0 aromatic heterocycles. The Morgan fingerprint density at radius 1 is 1.53 bits per heavy atom. The van der Waals surface area contributed by atoms with Gasteiger partial charge in [-0.1, -0.05) is 18.5 Å². The number of hydrogen-bond donors (Lipinski definition) is 0. The van der Waals surface area contributed by atoms with Crippen LogP contribution in [0.3, 0.4) is 0 Å². The van der Waals surface area contributed by atoms with Crippen molar-refractivity contribution in [1.29, 1.82) is 0 Å². The maximum Gasteiger partial charge on any atom is 0.269 e. The minimum Gasteiger partial charge on any atom is -0.294 e. The monoisotopic (exact) mass is 300 g/mol. The van der Waals surface area contributed by atoms with Crippen molar-refractivity contribution in [3.05, 3.63) is 38.9 Å². The maximum atomic E-state index is 10.8. The number of nitro benzene ring substituents is 1. The summed E-state index contributed by atoms with van der Waals surface area (Å²) in [6.07, 6.45) is 0. The van der Waals surface area contributed by atoms with E-state index in [0.717, 1.165) is 17.9 Å². The molecule has 2 unspecified atom stereocenters. The topological polar surface area (TPSA) is 46.4 Å². The highest BCUT2D eigenvalue weighted by atomic mass is 35.5. The van der Waals surface area contributed by atoms with Crippen molar-refractivity contribution >= 4 is 29.1 Å². The van der Waals surface area contributed by atoms with Crippen LogP contribution < -0.4 is 0 Å². The number of thioether (sulfide) groups is 1. The Morgan fingerprint density at radius 2 is 2.26 bits per heavy atom. The van der Waals surface area contributed by atoms with Gasteiger partial charge in [0.25, 0.3) is 5.69 Å².